The molecule has 90 valence electrons. The molecule has 4 N–H and O–H groups in total. The summed E-state index contributed by atoms with van der Waals surface area (Å²) in [7, 11) is 0. The summed E-state index contributed by atoms with van der Waals surface area (Å²) < 4.78 is 10.8. The maximum atomic E-state index is 5.42. The molecule has 1 saturated heterocycles. The minimum absolute atomic E-state index is 0. The molecule has 1 rings (SSSR count). The molecule has 1 aliphatic heterocycles. The third-order valence-electron chi connectivity index (χ3n) is 2.07. The summed E-state index contributed by atoms with van der Waals surface area (Å²) >= 11 is 0. The van der Waals surface area contributed by atoms with Crippen LogP contribution in [0.4, 0.5) is 0 Å². The van der Waals surface area contributed by atoms with Crippen LogP contribution in [0.15, 0.2) is 4.99 Å². The quantitative estimate of drug-likeness (QED) is 0.321. The van der Waals surface area contributed by atoms with E-state index in [0.717, 1.165) is 25.9 Å². The van der Waals surface area contributed by atoms with E-state index in [1.165, 1.54) is 0 Å². The Morgan fingerprint density at radius 2 is 2.27 bits per heavy atom. The first kappa shape index (κ1) is 14.9. The van der Waals surface area contributed by atoms with Crippen LogP contribution in [0.1, 0.15) is 19.3 Å². The summed E-state index contributed by atoms with van der Waals surface area (Å²) in [6.07, 6.45) is 3.43. The highest BCUT2D eigenvalue weighted by atomic mass is 127. The summed E-state index contributed by atoms with van der Waals surface area (Å²) in [5, 5.41) is 0. The van der Waals surface area contributed by atoms with Gasteiger partial charge in [-0.05, 0) is 19.3 Å². The highest BCUT2D eigenvalue weighted by Crippen LogP contribution is 2.11. The van der Waals surface area contributed by atoms with Gasteiger partial charge < -0.3 is 20.9 Å². The van der Waals surface area contributed by atoms with Crippen LogP contribution in [0.2, 0.25) is 0 Å². The number of ether oxygens (including phenoxy) is 2. The molecule has 1 unspecified atom stereocenters. The van der Waals surface area contributed by atoms with Gasteiger partial charge >= 0.3 is 0 Å². The Labute approximate surface area is 108 Å². The predicted octanol–water partition coefficient (Wildman–Crippen LogP) is 0.464. The van der Waals surface area contributed by atoms with Crippen molar-refractivity contribution in [3.63, 3.8) is 0 Å². The molecule has 0 saturated carbocycles. The van der Waals surface area contributed by atoms with Gasteiger partial charge in [0.2, 0.25) is 0 Å². The highest BCUT2D eigenvalue weighted by molar-refractivity contribution is 14.0. The van der Waals surface area contributed by atoms with Crippen LogP contribution in [0.25, 0.3) is 0 Å². The average molecular weight is 329 g/mol. The molecule has 1 aliphatic rings. The van der Waals surface area contributed by atoms with Gasteiger partial charge in [0.05, 0.1) is 12.7 Å². The third-order valence-corrected chi connectivity index (χ3v) is 2.07. The van der Waals surface area contributed by atoms with E-state index in [1.807, 2.05) is 0 Å². The molecule has 5 nitrogen and oxygen atoms in total. The lowest BCUT2D eigenvalue weighted by molar-refractivity contribution is 0.0171. The number of nitrogens with zero attached hydrogens (tertiary/aromatic N) is 1. The summed E-state index contributed by atoms with van der Waals surface area (Å²) in [5.41, 5.74) is 10.3. The molecule has 0 spiro atoms. The monoisotopic (exact) mass is 329 g/mol. The van der Waals surface area contributed by atoms with E-state index in [2.05, 4.69) is 4.99 Å². The SMILES string of the molecule is I.NC(N)=NCCCOCC1CCCO1. The molecule has 1 atom stereocenters. The maximum Gasteiger partial charge on any atom is 0.185 e. The molecule has 0 radical (unpaired) electrons. The van der Waals surface area contributed by atoms with Crippen molar-refractivity contribution in [3.8, 4) is 0 Å². The van der Waals surface area contributed by atoms with Crippen molar-refractivity contribution in [2.45, 2.75) is 25.4 Å². The zero-order chi connectivity index (χ0) is 10.2. The Bertz CT molecular complexity index is 180. The largest absolute Gasteiger partial charge is 0.379 e. The smallest absolute Gasteiger partial charge is 0.185 e. The van der Waals surface area contributed by atoms with Crippen LogP contribution in [0, 0.1) is 0 Å². The van der Waals surface area contributed by atoms with Crippen molar-refractivity contribution in [1.82, 2.24) is 0 Å². The van der Waals surface area contributed by atoms with Crippen LogP contribution >= 0.6 is 24.0 Å². The van der Waals surface area contributed by atoms with Crippen LogP contribution in [0.3, 0.4) is 0 Å². The molecule has 15 heavy (non-hydrogen) atoms. The number of halogens is 1. The van der Waals surface area contributed by atoms with E-state index in [-0.39, 0.29) is 29.9 Å². The predicted molar refractivity (Wildman–Crippen MR) is 70.5 cm³/mol. The Kier molecular flexibility index (Phi) is 9.12. The van der Waals surface area contributed by atoms with E-state index in [9.17, 15) is 0 Å². The highest BCUT2D eigenvalue weighted by Gasteiger charge is 2.14. The third kappa shape index (κ3) is 7.80. The standard InChI is InChI=1S/C9H19N3O2.HI/c10-9(11)12-4-2-5-13-7-8-3-1-6-14-8;/h8H,1-7H2,(H4,10,11,12);1H. The number of aliphatic imine (C=N–C) groups is 1. The first-order chi connectivity index (χ1) is 6.79. The summed E-state index contributed by atoms with van der Waals surface area (Å²) in [5.74, 6) is 0.143. The first-order valence-corrected chi connectivity index (χ1v) is 5.04. The van der Waals surface area contributed by atoms with E-state index >= 15 is 0 Å². The Morgan fingerprint density at radius 3 is 2.87 bits per heavy atom. The maximum absolute atomic E-state index is 5.42. The number of guanidine groups is 1. The van der Waals surface area contributed by atoms with E-state index < -0.39 is 0 Å². The van der Waals surface area contributed by atoms with Crippen molar-refractivity contribution < 1.29 is 9.47 Å². The minimum atomic E-state index is 0. The van der Waals surface area contributed by atoms with Gasteiger partial charge in [-0.25, -0.2) is 0 Å². The van der Waals surface area contributed by atoms with Crippen LogP contribution in [0.5, 0.6) is 0 Å². The topological polar surface area (TPSA) is 82.9 Å². The molecule has 6 heteroatoms. The zero-order valence-corrected chi connectivity index (χ0v) is 11.2. The lowest BCUT2D eigenvalue weighted by atomic mass is 10.2. The van der Waals surface area contributed by atoms with Gasteiger partial charge in [-0.1, -0.05) is 0 Å². The second kappa shape index (κ2) is 9.17. The van der Waals surface area contributed by atoms with Gasteiger partial charge in [-0.15, -0.1) is 24.0 Å². The van der Waals surface area contributed by atoms with E-state index in [1.54, 1.807) is 0 Å². The minimum Gasteiger partial charge on any atom is -0.379 e. The second-order valence-electron chi connectivity index (χ2n) is 3.37. The molecule has 0 aliphatic carbocycles. The van der Waals surface area contributed by atoms with Crippen LogP contribution in [-0.4, -0.2) is 38.4 Å². The van der Waals surface area contributed by atoms with Crippen LogP contribution < -0.4 is 11.5 Å². The summed E-state index contributed by atoms with van der Waals surface area (Å²) in [4.78, 5) is 3.85. The molecule has 0 amide bonds. The van der Waals surface area contributed by atoms with Crippen molar-refractivity contribution in [3.05, 3.63) is 0 Å². The summed E-state index contributed by atoms with van der Waals surface area (Å²) in [6, 6.07) is 0. The normalized spacial score (nSPS) is 19.6. The van der Waals surface area contributed by atoms with Crippen molar-refractivity contribution in [2.75, 3.05) is 26.4 Å². The molecule has 0 bridgehead atoms. The zero-order valence-electron chi connectivity index (χ0n) is 8.85. The first-order valence-electron chi connectivity index (χ1n) is 5.04. The van der Waals surface area contributed by atoms with E-state index in [4.69, 9.17) is 20.9 Å². The lowest BCUT2D eigenvalue weighted by Crippen LogP contribution is -2.23. The molecule has 1 heterocycles. The van der Waals surface area contributed by atoms with Gasteiger partial charge in [-0.2, -0.15) is 0 Å². The fourth-order valence-corrected chi connectivity index (χ4v) is 1.37. The number of nitrogens with two attached hydrogens (primary N) is 2. The summed E-state index contributed by atoms with van der Waals surface area (Å²) in [6.45, 7) is 2.90. The van der Waals surface area contributed by atoms with E-state index in [0.29, 0.717) is 25.9 Å². The molecule has 0 aromatic carbocycles. The van der Waals surface area contributed by atoms with Crippen LogP contribution in [-0.2, 0) is 9.47 Å². The molecular weight excluding hydrogens is 309 g/mol. The van der Waals surface area contributed by atoms with Gasteiger partial charge in [0, 0.05) is 19.8 Å². The van der Waals surface area contributed by atoms with Crippen molar-refractivity contribution >= 4 is 29.9 Å². The molecule has 0 aromatic heterocycles. The average Bonchev–Trinajstić information content (AvgIpc) is 2.63. The number of hydrogen-bond acceptors (Lipinski definition) is 3. The van der Waals surface area contributed by atoms with Gasteiger partial charge in [0.25, 0.3) is 0 Å². The Morgan fingerprint density at radius 1 is 1.47 bits per heavy atom. The number of hydrogen-bond donors (Lipinski definition) is 2. The molecular formula is C9H20IN3O2. The Balaban J connectivity index is 0.00000196. The van der Waals surface area contributed by atoms with Crippen molar-refractivity contribution in [1.29, 1.82) is 0 Å². The second-order valence-corrected chi connectivity index (χ2v) is 3.37. The van der Waals surface area contributed by atoms with Gasteiger partial charge in [-0.3, -0.25) is 4.99 Å². The fourth-order valence-electron chi connectivity index (χ4n) is 1.37. The molecule has 0 aromatic rings. The molecule has 1 fully saturated rings. The van der Waals surface area contributed by atoms with Gasteiger partial charge in [0.15, 0.2) is 5.96 Å². The number of rotatable bonds is 6. The Hall–Kier alpha value is -0.0800. The fraction of sp³-hybridized carbons (Fsp3) is 0.889. The lowest BCUT2D eigenvalue weighted by Gasteiger charge is -2.09. The van der Waals surface area contributed by atoms with Crippen molar-refractivity contribution in [2.24, 2.45) is 16.5 Å². The van der Waals surface area contributed by atoms with Gasteiger partial charge in [0.1, 0.15) is 0 Å².